The van der Waals surface area contributed by atoms with Crippen LogP contribution in [0.1, 0.15) is 23.7 Å². The van der Waals surface area contributed by atoms with E-state index in [9.17, 15) is 4.79 Å². The van der Waals surface area contributed by atoms with Crippen molar-refractivity contribution < 1.29 is 4.79 Å². The molecule has 2 atom stereocenters. The zero-order chi connectivity index (χ0) is 12.3. The highest BCUT2D eigenvalue weighted by Crippen LogP contribution is 2.23. The number of aromatic nitrogens is 1. The lowest BCUT2D eigenvalue weighted by atomic mass is 9.87. The van der Waals surface area contributed by atoms with Crippen LogP contribution in [0, 0.1) is 11.8 Å². The van der Waals surface area contributed by atoms with Crippen LogP contribution in [-0.4, -0.2) is 35.4 Å². The Bertz CT molecular complexity index is 380. The van der Waals surface area contributed by atoms with E-state index in [1.807, 2.05) is 4.90 Å². The largest absolute Gasteiger partial charge is 0.338 e. The Hall–Kier alpha value is -1.42. The van der Waals surface area contributed by atoms with Crippen molar-refractivity contribution in [3.63, 3.8) is 0 Å². The fourth-order valence-electron chi connectivity index (χ4n) is 2.32. The standard InChI is InChI=1S/C13H19N3O/c1-10-4-7-16(9-12(10)8-14)13(17)11-2-5-15-6-3-11/h2-3,5-6,10,12H,4,7-9,14H2,1H3. The van der Waals surface area contributed by atoms with Crippen LogP contribution in [0.15, 0.2) is 24.5 Å². The fraction of sp³-hybridized carbons (Fsp3) is 0.538. The predicted molar refractivity (Wildman–Crippen MR) is 66.5 cm³/mol. The Morgan fingerprint density at radius 1 is 1.53 bits per heavy atom. The summed E-state index contributed by atoms with van der Waals surface area (Å²) in [7, 11) is 0. The lowest BCUT2D eigenvalue weighted by molar-refractivity contribution is 0.0618. The summed E-state index contributed by atoms with van der Waals surface area (Å²) in [5.74, 6) is 1.13. The fourth-order valence-corrected chi connectivity index (χ4v) is 2.32. The second-order valence-electron chi connectivity index (χ2n) is 4.75. The maximum absolute atomic E-state index is 12.2. The van der Waals surface area contributed by atoms with Gasteiger partial charge in [0.1, 0.15) is 0 Å². The predicted octanol–water partition coefficient (Wildman–Crippen LogP) is 1.14. The van der Waals surface area contributed by atoms with Crippen LogP contribution in [0.3, 0.4) is 0 Å². The van der Waals surface area contributed by atoms with Crippen LogP contribution in [0.4, 0.5) is 0 Å². The van der Waals surface area contributed by atoms with Crippen LogP contribution in [0.5, 0.6) is 0 Å². The van der Waals surface area contributed by atoms with Gasteiger partial charge in [0.15, 0.2) is 0 Å². The van der Waals surface area contributed by atoms with Gasteiger partial charge in [-0.1, -0.05) is 6.92 Å². The molecular weight excluding hydrogens is 214 g/mol. The number of piperidine rings is 1. The molecule has 17 heavy (non-hydrogen) atoms. The van der Waals surface area contributed by atoms with Crippen LogP contribution >= 0.6 is 0 Å². The zero-order valence-electron chi connectivity index (χ0n) is 10.2. The monoisotopic (exact) mass is 233 g/mol. The van der Waals surface area contributed by atoms with Crippen LogP contribution in [0.25, 0.3) is 0 Å². The third-order valence-electron chi connectivity index (χ3n) is 3.63. The molecule has 4 heteroatoms. The van der Waals surface area contributed by atoms with Crippen molar-refractivity contribution in [3.05, 3.63) is 30.1 Å². The van der Waals surface area contributed by atoms with Crippen molar-refractivity contribution in [2.75, 3.05) is 19.6 Å². The highest BCUT2D eigenvalue weighted by molar-refractivity contribution is 5.94. The molecule has 1 saturated heterocycles. The van der Waals surface area contributed by atoms with Gasteiger partial charge in [-0.25, -0.2) is 0 Å². The first-order valence-corrected chi connectivity index (χ1v) is 6.11. The van der Waals surface area contributed by atoms with E-state index >= 15 is 0 Å². The number of nitrogens with zero attached hydrogens (tertiary/aromatic N) is 2. The molecule has 1 aromatic heterocycles. The highest BCUT2D eigenvalue weighted by atomic mass is 16.2. The van der Waals surface area contributed by atoms with E-state index in [1.54, 1.807) is 24.5 Å². The van der Waals surface area contributed by atoms with Gasteiger partial charge in [0.05, 0.1) is 0 Å². The lowest BCUT2D eigenvalue weighted by Gasteiger charge is -2.36. The third kappa shape index (κ3) is 2.64. The molecule has 4 nitrogen and oxygen atoms in total. The number of likely N-dealkylation sites (tertiary alicyclic amines) is 1. The maximum atomic E-state index is 12.2. The minimum Gasteiger partial charge on any atom is -0.338 e. The van der Waals surface area contributed by atoms with Gasteiger partial charge in [0, 0.05) is 31.0 Å². The van der Waals surface area contributed by atoms with Crippen LogP contribution in [0.2, 0.25) is 0 Å². The molecule has 92 valence electrons. The first-order valence-electron chi connectivity index (χ1n) is 6.11. The number of hydrogen-bond donors (Lipinski definition) is 1. The number of amides is 1. The Kier molecular flexibility index (Phi) is 3.74. The Morgan fingerprint density at radius 2 is 2.24 bits per heavy atom. The molecule has 2 heterocycles. The number of rotatable bonds is 2. The molecule has 0 spiro atoms. The Balaban J connectivity index is 2.06. The summed E-state index contributed by atoms with van der Waals surface area (Å²) in [6.07, 6.45) is 4.35. The molecule has 0 aliphatic carbocycles. The smallest absolute Gasteiger partial charge is 0.253 e. The van der Waals surface area contributed by atoms with Gasteiger partial charge in [0.25, 0.3) is 5.91 Å². The molecular formula is C13H19N3O. The van der Waals surface area contributed by atoms with Gasteiger partial charge in [-0.3, -0.25) is 9.78 Å². The third-order valence-corrected chi connectivity index (χ3v) is 3.63. The molecule has 1 amide bonds. The molecule has 1 aliphatic heterocycles. The number of pyridine rings is 1. The first kappa shape index (κ1) is 12.0. The van der Waals surface area contributed by atoms with Crippen LogP contribution < -0.4 is 5.73 Å². The van der Waals surface area contributed by atoms with E-state index in [0.717, 1.165) is 19.5 Å². The van der Waals surface area contributed by atoms with Crippen molar-refractivity contribution in [2.45, 2.75) is 13.3 Å². The quantitative estimate of drug-likeness (QED) is 0.833. The zero-order valence-corrected chi connectivity index (χ0v) is 10.2. The van der Waals surface area contributed by atoms with Gasteiger partial charge < -0.3 is 10.6 Å². The molecule has 1 aliphatic rings. The summed E-state index contributed by atoms with van der Waals surface area (Å²) in [5, 5.41) is 0. The molecule has 0 aromatic carbocycles. The summed E-state index contributed by atoms with van der Waals surface area (Å²) < 4.78 is 0. The van der Waals surface area contributed by atoms with Gasteiger partial charge in [-0.15, -0.1) is 0 Å². The van der Waals surface area contributed by atoms with Gasteiger partial charge in [-0.2, -0.15) is 0 Å². The van der Waals surface area contributed by atoms with Gasteiger partial charge in [0.2, 0.25) is 0 Å². The summed E-state index contributed by atoms with van der Waals surface area (Å²) in [4.78, 5) is 18.1. The molecule has 1 aromatic rings. The maximum Gasteiger partial charge on any atom is 0.253 e. The number of carbonyl (C=O) groups is 1. The van der Waals surface area contributed by atoms with Crippen molar-refractivity contribution in [1.82, 2.24) is 9.88 Å². The van der Waals surface area contributed by atoms with Gasteiger partial charge in [-0.05, 0) is 36.9 Å². The second-order valence-corrected chi connectivity index (χ2v) is 4.75. The molecule has 2 rings (SSSR count). The second kappa shape index (κ2) is 5.27. The summed E-state index contributed by atoms with van der Waals surface area (Å²) in [5.41, 5.74) is 6.46. The Labute approximate surface area is 102 Å². The normalized spacial score (nSPS) is 24.7. The number of nitrogens with two attached hydrogens (primary N) is 1. The number of hydrogen-bond acceptors (Lipinski definition) is 3. The molecule has 2 unspecified atom stereocenters. The van der Waals surface area contributed by atoms with E-state index in [4.69, 9.17) is 5.73 Å². The average molecular weight is 233 g/mol. The minimum absolute atomic E-state index is 0.0951. The molecule has 1 fully saturated rings. The van der Waals surface area contributed by atoms with Crippen molar-refractivity contribution in [3.8, 4) is 0 Å². The molecule has 2 N–H and O–H groups in total. The minimum atomic E-state index is 0.0951. The van der Waals surface area contributed by atoms with Crippen molar-refractivity contribution in [2.24, 2.45) is 17.6 Å². The molecule has 0 radical (unpaired) electrons. The Morgan fingerprint density at radius 3 is 2.88 bits per heavy atom. The lowest BCUT2D eigenvalue weighted by Crippen LogP contribution is -2.45. The topological polar surface area (TPSA) is 59.2 Å². The first-order chi connectivity index (χ1) is 8.22. The molecule has 0 saturated carbocycles. The molecule has 0 bridgehead atoms. The van der Waals surface area contributed by atoms with Gasteiger partial charge >= 0.3 is 0 Å². The van der Waals surface area contributed by atoms with Crippen molar-refractivity contribution >= 4 is 5.91 Å². The number of carbonyl (C=O) groups excluding carboxylic acids is 1. The summed E-state index contributed by atoms with van der Waals surface area (Å²) in [6.45, 7) is 4.48. The van der Waals surface area contributed by atoms with Crippen LogP contribution in [-0.2, 0) is 0 Å². The van der Waals surface area contributed by atoms with E-state index in [2.05, 4.69) is 11.9 Å². The van der Waals surface area contributed by atoms with E-state index in [0.29, 0.717) is 23.9 Å². The summed E-state index contributed by atoms with van der Waals surface area (Å²) >= 11 is 0. The summed E-state index contributed by atoms with van der Waals surface area (Å²) in [6, 6.07) is 3.52. The van der Waals surface area contributed by atoms with E-state index in [1.165, 1.54) is 0 Å². The average Bonchev–Trinajstić information content (AvgIpc) is 2.39. The van der Waals surface area contributed by atoms with E-state index < -0.39 is 0 Å². The SMILES string of the molecule is CC1CCN(C(=O)c2ccncc2)CC1CN. The van der Waals surface area contributed by atoms with Crippen molar-refractivity contribution in [1.29, 1.82) is 0 Å². The van der Waals surface area contributed by atoms with E-state index in [-0.39, 0.29) is 5.91 Å². The highest BCUT2D eigenvalue weighted by Gasteiger charge is 2.28.